The van der Waals surface area contributed by atoms with E-state index in [4.69, 9.17) is 11.6 Å². The van der Waals surface area contributed by atoms with Crippen LogP contribution >= 0.6 is 23.4 Å². The lowest BCUT2D eigenvalue weighted by atomic mass is 10.2. The summed E-state index contributed by atoms with van der Waals surface area (Å²) in [6.07, 6.45) is 0. The minimum atomic E-state index is -0.114. The van der Waals surface area contributed by atoms with Crippen molar-refractivity contribution in [3.8, 4) is 5.69 Å². The highest BCUT2D eigenvalue weighted by Crippen LogP contribution is 2.24. The number of aryl methyl sites for hydroxylation is 3. The van der Waals surface area contributed by atoms with Gasteiger partial charge < -0.3 is 5.32 Å². The minimum absolute atomic E-state index is 0.114. The predicted octanol–water partition coefficient (Wildman–Crippen LogP) is 4.58. The molecule has 0 aliphatic heterocycles. The van der Waals surface area contributed by atoms with Crippen LogP contribution in [0.2, 0.25) is 5.02 Å². The van der Waals surface area contributed by atoms with Gasteiger partial charge in [0.15, 0.2) is 5.16 Å². The van der Waals surface area contributed by atoms with Crippen molar-refractivity contribution < 1.29 is 4.79 Å². The first kappa shape index (κ1) is 18.5. The number of anilines is 1. The van der Waals surface area contributed by atoms with E-state index in [1.54, 1.807) is 12.1 Å². The van der Waals surface area contributed by atoms with Crippen LogP contribution < -0.4 is 5.32 Å². The zero-order chi connectivity index (χ0) is 18.7. The molecule has 1 aromatic heterocycles. The highest BCUT2D eigenvalue weighted by atomic mass is 35.5. The largest absolute Gasteiger partial charge is 0.325 e. The fourth-order valence-electron chi connectivity index (χ4n) is 2.55. The van der Waals surface area contributed by atoms with E-state index in [0.717, 1.165) is 28.3 Å². The number of carbonyl (C=O) groups excluding carboxylic acids is 1. The number of amides is 1. The molecule has 2 aromatic carbocycles. The lowest BCUT2D eigenvalue weighted by Crippen LogP contribution is -2.15. The van der Waals surface area contributed by atoms with Gasteiger partial charge in [0.25, 0.3) is 0 Å². The first-order valence-corrected chi connectivity index (χ1v) is 9.48. The Bertz CT molecular complexity index is 954. The third kappa shape index (κ3) is 4.26. The molecule has 134 valence electrons. The summed E-state index contributed by atoms with van der Waals surface area (Å²) < 4.78 is 1.95. The number of halogens is 1. The highest BCUT2D eigenvalue weighted by molar-refractivity contribution is 7.99. The quantitative estimate of drug-likeness (QED) is 0.652. The summed E-state index contributed by atoms with van der Waals surface area (Å²) in [5, 5.41) is 12.5. The maximum atomic E-state index is 12.3. The molecule has 0 fully saturated rings. The second-order valence-corrected chi connectivity index (χ2v) is 7.38. The van der Waals surface area contributed by atoms with Crippen LogP contribution in [-0.2, 0) is 4.79 Å². The van der Waals surface area contributed by atoms with Crippen LogP contribution in [0.5, 0.6) is 0 Å². The number of hydrogen-bond donors (Lipinski definition) is 1. The summed E-state index contributed by atoms with van der Waals surface area (Å²) in [6, 6.07) is 13.5. The molecule has 26 heavy (non-hydrogen) atoms. The Morgan fingerprint density at radius 2 is 1.96 bits per heavy atom. The Labute approximate surface area is 161 Å². The van der Waals surface area contributed by atoms with E-state index in [9.17, 15) is 4.79 Å². The van der Waals surface area contributed by atoms with Crippen LogP contribution in [0.15, 0.2) is 47.6 Å². The molecule has 3 rings (SSSR count). The molecule has 3 aromatic rings. The highest BCUT2D eigenvalue weighted by Gasteiger charge is 2.14. The number of nitrogens with zero attached hydrogens (tertiary/aromatic N) is 3. The molecule has 5 nitrogen and oxygen atoms in total. The zero-order valence-electron chi connectivity index (χ0n) is 14.8. The molecule has 1 amide bonds. The van der Waals surface area contributed by atoms with Gasteiger partial charge in [-0.2, -0.15) is 0 Å². The Hall–Kier alpha value is -2.31. The van der Waals surface area contributed by atoms with Crippen LogP contribution in [-0.4, -0.2) is 26.4 Å². The van der Waals surface area contributed by atoms with Crippen molar-refractivity contribution in [1.29, 1.82) is 0 Å². The fourth-order valence-corrected chi connectivity index (χ4v) is 3.52. The third-order valence-corrected chi connectivity index (χ3v) is 5.03. The van der Waals surface area contributed by atoms with Gasteiger partial charge in [0.2, 0.25) is 5.91 Å². The number of aromatic nitrogens is 3. The second kappa shape index (κ2) is 7.93. The van der Waals surface area contributed by atoms with Gasteiger partial charge in [0.1, 0.15) is 5.82 Å². The van der Waals surface area contributed by atoms with Crippen molar-refractivity contribution in [3.05, 3.63) is 64.4 Å². The zero-order valence-corrected chi connectivity index (χ0v) is 16.4. The van der Waals surface area contributed by atoms with Crippen LogP contribution in [0.25, 0.3) is 5.69 Å². The van der Waals surface area contributed by atoms with Crippen LogP contribution in [0.1, 0.15) is 17.0 Å². The summed E-state index contributed by atoms with van der Waals surface area (Å²) in [5.74, 6) is 0.900. The van der Waals surface area contributed by atoms with Crippen molar-refractivity contribution in [2.24, 2.45) is 0 Å². The number of nitrogens with one attached hydrogen (secondary N) is 1. The van der Waals surface area contributed by atoms with E-state index in [0.29, 0.717) is 10.2 Å². The SMILES string of the molecule is Cc1cccc(-n2c(C)nnc2SCC(=O)Nc2cc(Cl)ccc2C)c1. The molecule has 0 aliphatic carbocycles. The van der Waals surface area contributed by atoms with Gasteiger partial charge in [-0.05, 0) is 56.2 Å². The number of hydrogen-bond acceptors (Lipinski definition) is 4. The first-order valence-electron chi connectivity index (χ1n) is 8.12. The molecule has 0 atom stereocenters. The van der Waals surface area contributed by atoms with Crippen molar-refractivity contribution >= 4 is 35.0 Å². The van der Waals surface area contributed by atoms with Gasteiger partial charge in [-0.25, -0.2) is 0 Å². The fraction of sp³-hybridized carbons (Fsp3) is 0.211. The van der Waals surface area contributed by atoms with Crippen molar-refractivity contribution in [1.82, 2.24) is 14.8 Å². The molecule has 7 heteroatoms. The molecule has 0 spiro atoms. The molecule has 0 saturated carbocycles. The predicted molar refractivity (Wildman–Crippen MR) is 106 cm³/mol. The number of carbonyl (C=O) groups is 1. The Kier molecular flexibility index (Phi) is 5.64. The van der Waals surface area contributed by atoms with Gasteiger partial charge in [-0.15, -0.1) is 10.2 Å². The number of rotatable bonds is 5. The molecule has 0 saturated heterocycles. The molecule has 0 unspecified atom stereocenters. The van der Waals surface area contributed by atoms with E-state index < -0.39 is 0 Å². The maximum Gasteiger partial charge on any atom is 0.234 e. The molecule has 1 heterocycles. The van der Waals surface area contributed by atoms with Crippen molar-refractivity contribution in [2.45, 2.75) is 25.9 Å². The molecular formula is C19H19ClN4OS. The smallest absolute Gasteiger partial charge is 0.234 e. The molecule has 0 bridgehead atoms. The minimum Gasteiger partial charge on any atom is -0.325 e. The average Bonchev–Trinajstić information content (AvgIpc) is 2.97. The molecule has 0 aliphatic rings. The summed E-state index contributed by atoms with van der Waals surface area (Å²) in [7, 11) is 0. The van der Waals surface area contributed by atoms with E-state index in [-0.39, 0.29) is 11.7 Å². The summed E-state index contributed by atoms with van der Waals surface area (Å²) in [4.78, 5) is 12.3. The van der Waals surface area contributed by atoms with Gasteiger partial charge in [-0.3, -0.25) is 9.36 Å². The standard InChI is InChI=1S/C19H19ClN4OS/c1-12-5-4-6-16(9-12)24-14(3)22-23-19(24)26-11-18(25)21-17-10-15(20)8-7-13(17)2/h4-10H,11H2,1-3H3,(H,21,25). The topological polar surface area (TPSA) is 59.8 Å². The first-order chi connectivity index (χ1) is 12.4. The lowest BCUT2D eigenvalue weighted by Gasteiger charge is -2.10. The van der Waals surface area contributed by atoms with E-state index in [2.05, 4.69) is 21.6 Å². The molecule has 1 N–H and O–H groups in total. The van der Waals surface area contributed by atoms with Crippen molar-refractivity contribution in [2.75, 3.05) is 11.1 Å². The van der Waals surface area contributed by atoms with Gasteiger partial charge >= 0.3 is 0 Å². The summed E-state index contributed by atoms with van der Waals surface area (Å²) in [6.45, 7) is 5.86. The maximum absolute atomic E-state index is 12.3. The summed E-state index contributed by atoms with van der Waals surface area (Å²) in [5.41, 5.74) is 3.83. The molecule has 0 radical (unpaired) electrons. The van der Waals surface area contributed by atoms with Crippen LogP contribution in [0.4, 0.5) is 5.69 Å². The van der Waals surface area contributed by atoms with Crippen LogP contribution in [0.3, 0.4) is 0 Å². The van der Waals surface area contributed by atoms with Crippen LogP contribution in [0, 0.1) is 20.8 Å². The van der Waals surface area contributed by atoms with Gasteiger partial charge in [0, 0.05) is 16.4 Å². The normalized spacial score (nSPS) is 10.8. The van der Waals surface area contributed by atoms with E-state index in [1.165, 1.54) is 11.8 Å². The Balaban J connectivity index is 1.72. The Morgan fingerprint density at radius 1 is 1.15 bits per heavy atom. The van der Waals surface area contributed by atoms with Crippen molar-refractivity contribution in [3.63, 3.8) is 0 Å². The summed E-state index contributed by atoms with van der Waals surface area (Å²) >= 11 is 7.35. The average molecular weight is 387 g/mol. The molecular weight excluding hydrogens is 368 g/mol. The number of benzene rings is 2. The van der Waals surface area contributed by atoms with E-state index >= 15 is 0 Å². The second-order valence-electron chi connectivity index (χ2n) is 6.00. The number of thioether (sulfide) groups is 1. The van der Waals surface area contributed by atoms with Gasteiger partial charge in [-0.1, -0.05) is 41.6 Å². The van der Waals surface area contributed by atoms with Gasteiger partial charge in [0.05, 0.1) is 5.75 Å². The lowest BCUT2D eigenvalue weighted by molar-refractivity contribution is -0.113. The van der Waals surface area contributed by atoms with E-state index in [1.807, 2.05) is 49.6 Å². The Morgan fingerprint density at radius 3 is 2.73 bits per heavy atom. The monoisotopic (exact) mass is 386 g/mol. The third-order valence-electron chi connectivity index (χ3n) is 3.86.